The van der Waals surface area contributed by atoms with Crippen molar-refractivity contribution in [2.75, 3.05) is 11.9 Å². The molecule has 0 spiro atoms. The minimum atomic E-state index is -1.10. The van der Waals surface area contributed by atoms with Gasteiger partial charge in [0.05, 0.1) is 18.9 Å². The molecule has 0 fully saturated rings. The second-order valence-corrected chi connectivity index (χ2v) is 10.8. The summed E-state index contributed by atoms with van der Waals surface area (Å²) in [7, 11) is 1.66. The highest BCUT2D eigenvalue weighted by atomic mass is 32.1. The Bertz CT molecular complexity index is 1630. The minimum Gasteiger partial charge on any atom is -0.481 e. The Labute approximate surface area is 238 Å². The van der Waals surface area contributed by atoms with Crippen molar-refractivity contribution in [1.29, 1.82) is 0 Å². The van der Waals surface area contributed by atoms with Gasteiger partial charge in [0.1, 0.15) is 22.3 Å². The molecule has 1 aliphatic rings. The number of aromatic nitrogens is 2. The number of aryl methyl sites for hydroxylation is 1. The number of halogens is 2. The van der Waals surface area contributed by atoms with Crippen molar-refractivity contribution in [2.24, 2.45) is 5.92 Å². The molecule has 3 heterocycles. The number of thiazole rings is 1. The molecule has 4 aromatic rings. The first-order valence-electron chi connectivity index (χ1n) is 12.9. The van der Waals surface area contributed by atoms with Gasteiger partial charge in [-0.3, -0.25) is 19.3 Å². The monoisotopic (exact) mass is 576 g/mol. The van der Waals surface area contributed by atoms with Crippen LogP contribution in [0.1, 0.15) is 29.0 Å². The summed E-state index contributed by atoms with van der Waals surface area (Å²) in [6, 6.07) is 15.0. The van der Waals surface area contributed by atoms with Crippen molar-refractivity contribution < 1.29 is 28.3 Å². The summed E-state index contributed by atoms with van der Waals surface area (Å²) in [6.07, 6.45) is 2.30. The maximum atomic E-state index is 15.2. The van der Waals surface area contributed by atoms with E-state index in [2.05, 4.69) is 15.3 Å². The number of nitrogens with zero attached hydrogens (tertiary/aromatic N) is 3. The highest BCUT2D eigenvalue weighted by molar-refractivity contribution is 7.10. The van der Waals surface area contributed by atoms with Gasteiger partial charge < -0.3 is 10.4 Å². The van der Waals surface area contributed by atoms with Crippen LogP contribution in [0.2, 0.25) is 0 Å². The lowest BCUT2D eigenvalue weighted by atomic mass is 9.95. The van der Waals surface area contributed by atoms with Gasteiger partial charge in [0.15, 0.2) is 0 Å². The molecule has 41 heavy (non-hydrogen) atoms. The fourth-order valence-corrected chi connectivity index (χ4v) is 5.63. The Kier molecular flexibility index (Phi) is 8.16. The average Bonchev–Trinajstić information content (AvgIpc) is 3.33. The lowest BCUT2D eigenvalue weighted by Crippen LogP contribution is -2.33. The number of anilines is 1. The summed E-state index contributed by atoms with van der Waals surface area (Å²) in [6.45, 7) is -0.114. The van der Waals surface area contributed by atoms with Crippen LogP contribution < -0.4 is 10.2 Å². The first kappa shape index (κ1) is 28.0. The Morgan fingerprint density at radius 1 is 1.10 bits per heavy atom. The third kappa shape index (κ3) is 6.30. The minimum absolute atomic E-state index is 0.0290. The molecule has 2 amide bonds. The van der Waals surface area contributed by atoms with Crippen LogP contribution in [-0.2, 0) is 33.8 Å². The number of nitrogens with one attached hydrogen (secondary N) is 1. The molecule has 5 rings (SSSR count). The molecule has 2 aromatic heterocycles. The molecule has 11 heteroatoms. The molecule has 8 nitrogen and oxygen atoms in total. The van der Waals surface area contributed by atoms with Crippen molar-refractivity contribution >= 4 is 34.9 Å². The fraction of sp³-hybridized carbons (Fsp3) is 0.233. The van der Waals surface area contributed by atoms with Crippen molar-refractivity contribution in [3.63, 3.8) is 0 Å². The van der Waals surface area contributed by atoms with Crippen LogP contribution in [0.3, 0.4) is 0 Å². The number of amides is 2. The van der Waals surface area contributed by atoms with Gasteiger partial charge in [0.25, 0.3) is 0 Å². The van der Waals surface area contributed by atoms with Crippen molar-refractivity contribution in [2.45, 2.75) is 32.2 Å². The summed E-state index contributed by atoms with van der Waals surface area (Å²) >= 11 is 0.723. The summed E-state index contributed by atoms with van der Waals surface area (Å²) in [5.41, 5.74) is 2.99. The van der Waals surface area contributed by atoms with Crippen LogP contribution in [0, 0.1) is 16.9 Å². The lowest BCUT2D eigenvalue weighted by molar-refractivity contribution is -0.141. The summed E-state index contributed by atoms with van der Waals surface area (Å²) in [4.78, 5) is 46.6. The number of benzene rings is 2. The van der Waals surface area contributed by atoms with E-state index in [1.807, 2.05) is 36.4 Å². The van der Waals surface area contributed by atoms with Gasteiger partial charge in [-0.05, 0) is 47.7 Å². The highest BCUT2D eigenvalue weighted by Crippen LogP contribution is 2.37. The number of aliphatic carboxylic acids is 1. The first-order valence-corrected chi connectivity index (χ1v) is 13.8. The Hall–Kier alpha value is -4.51. The van der Waals surface area contributed by atoms with E-state index in [0.29, 0.717) is 29.8 Å². The van der Waals surface area contributed by atoms with E-state index >= 15 is 4.39 Å². The Morgan fingerprint density at radius 2 is 1.88 bits per heavy atom. The zero-order chi connectivity index (χ0) is 29.1. The molecule has 0 saturated heterocycles. The first-order chi connectivity index (χ1) is 19.7. The van der Waals surface area contributed by atoms with Crippen molar-refractivity contribution in [3.05, 3.63) is 87.9 Å². The third-order valence-corrected chi connectivity index (χ3v) is 7.80. The van der Waals surface area contributed by atoms with E-state index in [9.17, 15) is 23.9 Å². The standard InChI is InChI=1S/C30H26F2N4O4S/c1-36-25(37)10-7-18-12-20(15-33-29(18)36)22-9-8-21(31)14-23(22)27-28(32)41-24(35-27)16-34-30(40)19(13-26(38)39)11-17-5-3-2-4-6-17/h2-6,8-9,12,14-15,19H,7,10-11,13,16H2,1H3,(H,34,40)(H,38,39)/t19-/m1/s1. The van der Waals surface area contributed by atoms with E-state index in [4.69, 9.17) is 0 Å². The molecule has 0 bridgehead atoms. The van der Waals surface area contributed by atoms with E-state index in [1.165, 1.54) is 23.1 Å². The van der Waals surface area contributed by atoms with Gasteiger partial charge >= 0.3 is 5.97 Å². The third-order valence-electron chi connectivity index (χ3n) is 6.95. The van der Waals surface area contributed by atoms with Crippen LogP contribution in [-0.4, -0.2) is 39.9 Å². The number of pyridine rings is 1. The van der Waals surface area contributed by atoms with E-state index < -0.39 is 28.7 Å². The maximum Gasteiger partial charge on any atom is 0.304 e. The number of carbonyl (C=O) groups excluding carboxylic acids is 2. The van der Waals surface area contributed by atoms with Crippen molar-refractivity contribution in [3.8, 4) is 22.4 Å². The summed E-state index contributed by atoms with van der Waals surface area (Å²) in [5.74, 6) is -2.45. The predicted molar refractivity (Wildman–Crippen MR) is 150 cm³/mol. The number of fused-ring (bicyclic) bond motifs is 1. The number of carbonyl (C=O) groups is 3. The normalized spacial score (nSPS) is 13.5. The molecule has 0 saturated carbocycles. The number of rotatable bonds is 9. The van der Waals surface area contributed by atoms with Crippen molar-refractivity contribution in [1.82, 2.24) is 15.3 Å². The van der Waals surface area contributed by atoms with Crippen LogP contribution in [0.4, 0.5) is 14.6 Å². The number of hydrogen-bond donors (Lipinski definition) is 2. The molecule has 0 radical (unpaired) electrons. The Morgan fingerprint density at radius 3 is 2.63 bits per heavy atom. The SMILES string of the molecule is CN1C(=O)CCc2cc(-c3ccc(F)cc3-c3nc(CNC(=O)[C@@H](CC(=O)O)Cc4ccccc4)sc3F)cnc21. The number of carboxylic acids is 1. The second kappa shape index (κ2) is 11.9. The van der Waals surface area contributed by atoms with E-state index in [0.717, 1.165) is 22.5 Å². The molecular formula is C30H26F2N4O4S. The van der Waals surface area contributed by atoms with Gasteiger partial charge in [0, 0.05) is 30.8 Å². The fourth-order valence-electron chi connectivity index (χ4n) is 4.89. The van der Waals surface area contributed by atoms with Crippen LogP contribution in [0.5, 0.6) is 0 Å². The van der Waals surface area contributed by atoms with Gasteiger partial charge in [0.2, 0.25) is 16.9 Å². The molecule has 1 atom stereocenters. The van der Waals surface area contributed by atoms with Crippen LogP contribution in [0.25, 0.3) is 22.4 Å². The van der Waals surface area contributed by atoms with Crippen LogP contribution >= 0.6 is 11.3 Å². The van der Waals surface area contributed by atoms with Gasteiger partial charge in [-0.2, -0.15) is 4.39 Å². The molecule has 210 valence electrons. The second-order valence-electron chi connectivity index (χ2n) is 9.78. The van der Waals surface area contributed by atoms with E-state index in [1.54, 1.807) is 13.2 Å². The molecule has 1 aliphatic heterocycles. The predicted octanol–water partition coefficient (Wildman–Crippen LogP) is 5.01. The number of hydrogen-bond acceptors (Lipinski definition) is 6. The summed E-state index contributed by atoms with van der Waals surface area (Å²) in [5, 5.41) is 11.6. The zero-order valence-electron chi connectivity index (χ0n) is 22.1. The largest absolute Gasteiger partial charge is 0.481 e. The number of carboxylic acid groups (broad SMARTS) is 1. The van der Waals surface area contributed by atoms with Gasteiger partial charge in [-0.15, -0.1) is 0 Å². The van der Waals surface area contributed by atoms with Crippen LogP contribution in [0.15, 0.2) is 60.8 Å². The molecule has 2 N–H and O–H groups in total. The van der Waals surface area contributed by atoms with E-state index in [-0.39, 0.29) is 41.6 Å². The summed E-state index contributed by atoms with van der Waals surface area (Å²) < 4.78 is 29.6. The molecule has 0 aliphatic carbocycles. The topological polar surface area (TPSA) is 112 Å². The van der Waals surface area contributed by atoms with Gasteiger partial charge in [-0.1, -0.05) is 47.7 Å². The quantitative estimate of drug-likeness (QED) is 0.290. The maximum absolute atomic E-state index is 15.2. The molecule has 2 aromatic carbocycles. The highest BCUT2D eigenvalue weighted by Gasteiger charge is 2.25. The molecular weight excluding hydrogens is 550 g/mol. The smallest absolute Gasteiger partial charge is 0.304 e. The molecule has 0 unspecified atom stereocenters. The zero-order valence-corrected chi connectivity index (χ0v) is 22.9. The average molecular weight is 577 g/mol. The Balaban J connectivity index is 1.38. The lowest BCUT2D eigenvalue weighted by Gasteiger charge is -2.25. The van der Waals surface area contributed by atoms with Gasteiger partial charge in [-0.25, -0.2) is 14.4 Å².